The van der Waals surface area contributed by atoms with E-state index in [-0.39, 0.29) is 6.54 Å². The van der Waals surface area contributed by atoms with Crippen LogP contribution in [0.15, 0.2) is 24.3 Å². The first-order chi connectivity index (χ1) is 10.9. The SMILES string of the molecule is C[C@H](OC(=O)/C=C/c1ccc(Cl)c(Cl)c1)C(=O)N1CCNC1=O. The Morgan fingerprint density at radius 2 is 2.09 bits per heavy atom. The van der Waals surface area contributed by atoms with Crippen LogP contribution in [0.3, 0.4) is 0 Å². The average Bonchev–Trinajstić information content (AvgIpc) is 2.93. The Balaban J connectivity index is 1.93. The zero-order valence-electron chi connectivity index (χ0n) is 12.2. The number of hydrogen-bond donors (Lipinski definition) is 1. The van der Waals surface area contributed by atoms with Crippen LogP contribution in [0, 0.1) is 0 Å². The third-order valence-corrected chi connectivity index (χ3v) is 3.86. The van der Waals surface area contributed by atoms with E-state index in [1.807, 2.05) is 0 Å². The van der Waals surface area contributed by atoms with E-state index in [1.165, 1.54) is 19.1 Å². The Kier molecular flexibility index (Phi) is 5.63. The molecule has 1 aromatic rings. The van der Waals surface area contributed by atoms with Gasteiger partial charge >= 0.3 is 12.0 Å². The van der Waals surface area contributed by atoms with E-state index in [0.717, 1.165) is 4.90 Å². The minimum absolute atomic E-state index is 0.263. The van der Waals surface area contributed by atoms with Crippen LogP contribution < -0.4 is 5.32 Å². The maximum atomic E-state index is 12.0. The second kappa shape index (κ2) is 7.48. The molecule has 2 rings (SSSR count). The molecule has 1 atom stereocenters. The molecule has 0 bridgehead atoms. The average molecular weight is 357 g/mol. The molecule has 0 unspecified atom stereocenters. The van der Waals surface area contributed by atoms with Crippen LogP contribution in [0.25, 0.3) is 6.08 Å². The summed E-state index contributed by atoms with van der Waals surface area (Å²) < 4.78 is 4.99. The summed E-state index contributed by atoms with van der Waals surface area (Å²) in [5.41, 5.74) is 0.661. The lowest BCUT2D eigenvalue weighted by molar-refractivity contribution is -0.153. The Morgan fingerprint density at radius 3 is 2.70 bits per heavy atom. The molecule has 1 fully saturated rings. The maximum Gasteiger partial charge on any atom is 0.331 e. The van der Waals surface area contributed by atoms with Gasteiger partial charge in [0.05, 0.1) is 10.0 Å². The number of amides is 3. The summed E-state index contributed by atoms with van der Waals surface area (Å²) in [6, 6.07) is 4.40. The Bertz CT molecular complexity index is 675. The van der Waals surface area contributed by atoms with Crippen molar-refractivity contribution in [2.45, 2.75) is 13.0 Å². The molecule has 0 saturated carbocycles. The number of carbonyl (C=O) groups excluding carboxylic acids is 3. The Hall–Kier alpha value is -2.05. The van der Waals surface area contributed by atoms with Crippen LogP contribution in [-0.2, 0) is 14.3 Å². The second-order valence-corrected chi connectivity index (χ2v) is 5.62. The quantitative estimate of drug-likeness (QED) is 0.664. The van der Waals surface area contributed by atoms with Crippen molar-refractivity contribution in [1.82, 2.24) is 10.2 Å². The normalized spacial score (nSPS) is 15.6. The van der Waals surface area contributed by atoms with Crippen LogP contribution >= 0.6 is 23.2 Å². The first-order valence-electron chi connectivity index (χ1n) is 6.81. The highest BCUT2D eigenvalue weighted by atomic mass is 35.5. The number of nitrogens with zero attached hydrogens (tertiary/aromatic N) is 1. The summed E-state index contributed by atoms with van der Waals surface area (Å²) in [5, 5.41) is 3.28. The summed E-state index contributed by atoms with van der Waals surface area (Å²) in [7, 11) is 0. The lowest BCUT2D eigenvalue weighted by atomic mass is 10.2. The zero-order chi connectivity index (χ0) is 17.0. The van der Waals surface area contributed by atoms with E-state index in [4.69, 9.17) is 27.9 Å². The predicted molar refractivity (Wildman–Crippen MR) is 86.2 cm³/mol. The third-order valence-electron chi connectivity index (χ3n) is 3.12. The predicted octanol–water partition coefficient (Wildman–Crippen LogP) is 2.49. The van der Waals surface area contributed by atoms with Gasteiger partial charge in [0, 0.05) is 19.2 Å². The van der Waals surface area contributed by atoms with E-state index in [0.29, 0.717) is 22.2 Å². The molecule has 0 spiro atoms. The summed E-state index contributed by atoms with van der Waals surface area (Å²) in [6.07, 6.45) is 1.61. The number of carbonyl (C=O) groups is 3. The van der Waals surface area contributed by atoms with Crippen molar-refractivity contribution in [3.8, 4) is 0 Å². The molecular formula is C15H14Cl2N2O4. The highest BCUT2D eigenvalue weighted by molar-refractivity contribution is 6.42. The number of urea groups is 1. The smallest absolute Gasteiger partial charge is 0.331 e. The third kappa shape index (κ3) is 4.46. The van der Waals surface area contributed by atoms with Crippen LogP contribution in [-0.4, -0.2) is 42.0 Å². The number of imide groups is 1. The first-order valence-corrected chi connectivity index (χ1v) is 7.57. The molecule has 23 heavy (non-hydrogen) atoms. The molecule has 8 heteroatoms. The molecule has 1 saturated heterocycles. The van der Waals surface area contributed by atoms with E-state index < -0.39 is 24.0 Å². The van der Waals surface area contributed by atoms with Crippen molar-refractivity contribution >= 4 is 47.2 Å². The van der Waals surface area contributed by atoms with E-state index >= 15 is 0 Å². The van der Waals surface area contributed by atoms with Crippen molar-refractivity contribution in [3.05, 3.63) is 39.9 Å². The van der Waals surface area contributed by atoms with Crippen molar-refractivity contribution in [2.75, 3.05) is 13.1 Å². The number of ether oxygens (including phenoxy) is 1. The lowest BCUT2D eigenvalue weighted by Crippen LogP contribution is -2.41. The molecule has 0 radical (unpaired) electrons. The van der Waals surface area contributed by atoms with Gasteiger partial charge in [-0.1, -0.05) is 29.3 Å². The van der Waals surface area contributed by atoms with Gasteiger partial charge in [-0.25, -0.2) is 9.59 Å². The van der Waals surface area contributed by atoms with Gasteiger partial charge in [0.25, 0.3) is 5.91 Å². The van der Waals surface area contributed by atoms with Crippen LogP contribution in [0.2, 0.25) is 10.0 Å². The highest BCUT2D eigenvalue weighted by Crippen LogP contribution is 2.23. The molecule has 122 valence electrons. The van der Waals surface area contributed by atoms with Gasteiger partial charge in [-0.15, -0.1) is 0 Å². The van der Waals surface area contributed by atoms with Gasteiger partial charge in [0.15, 0.2) is 6.10 Å². The van der Waals surface area contributed by atoms with Gasteiger partial charge in [0.2, 0.25) is 0 Å². The molecule has 0 aliphatic carbocycles. The first kappa shape index (κ1) is 17.3. The summed E-state index contributed by atoms with van der Waals surface area (Å²) in [5.74, 6) is -1.26. The van der Waals surface area contributed by atoms with Crippen LogP contribution in [0.4, 0.5) is 4.79 Å². The van der Waals surface area contributed by atoms with Crippen molar-refractivity contribution in [3.63, 3.8) is 0 Å². The zero-order valence-corrected chi connectivity index (χ0v) is 13.7. The van der Waals surface area contributed by atoms with Crippen LogP contribution in [0.1, 0.15) is 12.5 Å². The molecule has 1 N–H and O–H groups in total. The summed E-state index contributed by atoms with van der Waals surface area (Å²) in [6.45, 7) is 2.07. The number of benzene rings is 1. The summed E-state index contributed by atoms with van der Waals surface area (Å²) >= 11 is 11.7. The fourth-order valence-corrected chi connectivity index (χ4v) is 2.25. The maximum absolute atomic E-state index is 12.0. The number of nitrogens with one attached hydrogen (secondary N) is 1. The van der Waals surface area contributed by atoms with E-state index in [9.17, 15) is 14.4 Å². The molecule has 1 aromatic carbocycles. The highest BCUT2D eigenvalue weighted by Gasteiger charge is 2.31. The molecule has 0 aromatic heterocycles. The molecule has 1 aliphatic rings. The van der Waals surface area contributed by atoms with Crippen molar-refractivity contribution < 1.29 is 19.1 Å². The number of rotatable bonds is 4. The fraction of sp³-hybridized carbons (Fsp3) is 0.267. The van der Waals surface area contributed by atoms with Gasteiger partial charge in [-0.05, 0) is 30.7 Å². The molecule has 1 heterocycles. The van der Waals surface area contributed by atoms with Crippen LogP contribution in [0.5, 0.6) is 0 Å². The van der Waals surface area contributed by atoms with Gasteiger partial charge in [0.1, 0.15) is 0 Å². The second-order valence-electron chi connectivity index (χ2n) is 4.81. The fourth-order valence-electron chi connectivity index (χ4n) is 1.95. The Morgan fingerprint density at radius 1 is 1.35 bits per heavy atom. The monoisotopic (exact) mass is 356 g/mol. The molecule has 1 aliphatic heterocycles. The lowest BCUT2D eigenvalue weighted by Gasteiger charge is -2.17. The Labute approximate surface area is 143 Å². The standard InChI is InChI=1S/C15H14Cl2N2O4/c1-9(14(21)19-7-6-18-15(19)22)23-13(20)5-3-10-2-4-11(16)12(17)8-10/h2-5,8-9H,6-7H2,1H3,(H,18,22)/b5-3+/t9-/m0/s1. The molecule has 3 amide bonds. The van der Waals surface area contributed by atoms with Gasteiger partial charge < -0.3 is 10.1 Å². The van der Waals surface area contributed by atoms with E-state index in [2.05, 4.69) is 5.32 Å². The van der Waals surface area contributed by atoms with E-state index in [1.54, 1.807) is 18.2 Å². The van der Waals surface area contributed by atoms with Gasteiger partial charge in [-0.2, -0.15) is 0 Å². The van der Waals surface area contributed by atoms with Crippen molar-refractivity contribution in [1.29, 1.82) is 0 Å². The summed E-state index contributed by atoms with van der Waals surface area (Å²) in [4.78, 5) is 36.1. The topological polar surface area (TPSA) is 75.7 Å². The molecular weight excluding hydrogens is 343 g/mol. The van der Waals surface area contributed by atoms with Gasteiger partial charge in [-0.3, -0.25) is 9.69 Å². The van der Waals surface area contributed by atoms with Crippen molar-refractivity contribution in [2.24, 2.45) is 0 Å². The molecule has 6 nitrogen and oxygen atoms in total. The minimum Gasteiger partial charge on any atom is -0.449 e. The number of hydrogen-bond acceptors (Lipinski definition) is 4. The number of esters is 1. The minimum atomic E-state index is -1.05. The number of halogens is 2. The largest absolute Gasteiger partial charge is 0.449 e.